The van der Waals surface area contributed by atoms with Gasteiger partial charge in [-0.3, -0.25) is 14.6 Å². The molecular weight excluding hydrogens is 439 g/mol. The first-order valence-corrected chi connectivity index (χ1v) is 9.61. The van der Waals surface area contributed by atoms with Crippen LogP contribution in [0.1, 0.15) is 51.6 Å². The Morgan fingerprint density at radius 1 is 1.19 bits per heavy atom. The van der Waals surface area contributed by atoms with Crippen LogP contribution in [0.25, 0.3) is 0 Å². The second-order valence-corrected chi connectivity index (χ2v) is 6.81. The number of guanidine groups is 1. The second-order valence-electron chi connectivity index (χ2n) is 6.81. The average Bonchev–Trinajstić information content (AvgIpc) is 2.80. The third-order valence-corrected chi connectivity index (χ3v) is 4.85. The predicted octanol–water partition coefficient (Wildman–Crippen LogP) is 2.87. The van der Waals surface area contributed by atoms with Crippen LogP contribution in [0.15, 0.2) is 4.99 Å². The van der Waals surface area contributed by atoms with Gasteiger partial charge in [-0.15, -0.1) is 24.0 Å². The number of rotatable bonds is 9. The van der Waals surface area contributed by atoms with Crippen LogP contribution in [0, 0.1) is 13.8 Å². The van der Waals surface area contributed by atoms with Crippen LogP contribution in [0.5, 0.6) is 0 Å². The van der Waals surface area contributed by atoms with Gasteiger partial charge in [-0.25, -0.2) is 0 Å². The van der Waals surface area contributed by atoms with Crippen LogP contribution in [-0.2, 0) is 13.5 Å². The third kappa shape index (κ3) is 7.42. The molecule has 1 rings (SSSR count). The minimum absolute atomic E-state index is 0. The van der Waals surface area contributed by atoms with Crippen molar-refractivity contribution < 1.29 is 0 Å². The lowest BCUT2D eigenvalue weighted by Crippen LogP contribution is -2.44. The zero-order valence-electron chi connectivity index (χ0n) is 17.9. The van der Waals surface area contributed by atoms with E-state index in [2.05, 4.69) is 69.1 Å². The van der Waals surface area contributed by atoms with Crippen molar-refractivity contribution in [2.24, 2.45) is 12.0 Å². The maximum atomic E-state index is 4.79. The lowest BCUT2D eigenvalue weighted by atomic mass is 10.1. The summed E-state index contributed by atoms with van der Waals surface area (Å²) in [5.41, 5.74) is 3.68. The van der Waals surface area contributed by atoms with E-state index in [1.54, 1.807) is 0 Å². The van der Waals surface area contributed by atoms with E-state index in [9.17, 15) is 0 Å². The molecule has 0 fully saturated rings. The Balaban J connectivity index is 0.00000625. The summed E-state index contributed by atoms with van der Waals surface area (Å²) in [6, 6.07) is 0.742. The summed E-state index contributed by atoms with van der Waals surface area (Å²) in [6.07, 6.45) is 0.946. The topological polar surface area (TPSA) is 57.5 Å². The van der Waals surface area contributed by atoms with Gasteiger partial charge < -0.3 is 10.6 Å². The summed E-state index contributed by atoms with van der Waals surface area (Å²) in [4.78, 5) is 7.22. The number of hydrogen-bond acceptors (Lipinski definition) is 3. The molecule has 6 nitrogen and oxygen atoms in total. The summed E-state index contributed by atoms with van der Waals surface area (Å²) >= 11 is 0. The molecule has 2 unspecified atom stereocenters. The van der Waals surface area contributed by atoms with Gasteiger partial charge in [0.05, 0.1) is 12.2 Å². The van der Waals surface area contributed by atoms with Crippen molar-refractivity contribution in [3.05, 3.63) is 17.0 Å². The summed E-state index contributed by atoms with van der Waals surface area (Å²) in [7, 11) is 2.00. The Labute approximate surface area is 177 Å². The fourth-order valence-corrected chi connectivity index (χ4v) is 3.21. The Morgan fingerprint density at radius 3 is 2.27 bits per heavy atom. The Bertz CT molecular complexity index is 550. The number of halogens is 1. The molecule has 0 amide bonds. The largest absolute Gasteiger partial charge is 0.357 e. The normalized spacial score (nSPS) is 14.1. The van der Waals surface area contributed by atoms with E-state index in [4.69, 9.17) is 4.99 Å². The molecule has 26 heavy (non-hydrogen) atoms. The molecule has 0 aliphatic heterocycles. The highest BCUT2D eigenvalue weighted by atomic mass is 127. The molecule has 2 atom stereocenters. The van der Waals surface area contributed by atoms with E-state index in [-0.39, 0.29) is 24.0 Å². The molecule has 0 spiro atoms. The number of aliphatic imine (C=N–C) groups is 1. The lowest BCUT2D eigenvalue weighted by molar-refractivity contribution is 0.237. The minimum atomic E-state index is 0. The molecule has 0 aliphatic carbocycles. The van der Waals surface area contributed by atoms with Gasteiger partial charge in [-0.1, -0.05) is 13.8 Å². The molecular formula is C19H39IN6. The maximum absolute atomic E-state index is 4.79. The maximum Gasteiger partial charge on any atom is 0.191 e. The van der Waals surface area contributed by atoms with E-state index in [1.807, 2.05) is 11.7 Å². The first-order valence-electron chi connectivity index (χ1n) is 9.61. The van der Waals surface area contributed by atoms with E-state index >= 15 is 0 Å². The molecule has 1 heterocycles. The van der Waals surface area contributed by atoms with Gasteiger partial charge in [-0.2, -0.15) is 5.10 Å². The number of aromatic nitrogens is 2. The van der Waals surface area contributed by atoms with Gasteiger partial charge in [0.1, 0.15) is 0 Å². The molecule has 2 N–H and O–H groups in total. The van der Waals surface area contributed by atoms with Crippen LogP contribution in [0.3, 0.4) is 0 Å². The summed E-state index contributed by atoms with van der Waals surface area (Å²) in [5, 5.41) is 11.4. The Hall–Kier alpha value is -0.830. The summed E-state index contributed by atoms with van der Waals surface area (Å²) in [5.74, 6) is 0.896. The van der Waals surface area contributed by atoms with Crippen LogP contribution < -0.4 is 10.6 Å². The molecule has 0 radical (unpaired) electrons. The van der Waals surface area contributed by atoms with Crippen LogP contribution in [-0.4, -0.2) is 58.9 Å². The van der Waals surface area contributed by atoms with Crippen molar-refractivity contribution in [1.82, 2.24) is 25.3 Å². The second kappa shape index (κ2) is 12.5. The molecule has 152 valence electrons. The van der Waals surface area contributed by atoms with Crippen molar-refractivity contribution in [3.8, 4) is 0 Å². The predicted molar refractivity (Wildman–Crippen MR) is 123 cm³/mol. The Kier molecular flexibility index (Phi) is 12.1. The van der Waals surface area contributed by atoms with E-state index < -0.39 is 0 Å². The number of likely N-dealkylation sites (N-methyl/N-ethyl adjacent to an activating group) is 1. The van der Waals surface area contributed by atoms with Crippen molar-refractivity contribution in [2.45, 2.75) is 67.0 Å². The molecule has 1 aromatic rings. The summed E-state index contributed by atoms with van der Waals surface area (Å²) in [6.45, 7) is 19.0. The fourth-order valence-electron chi connectivity index (χ4n) is 3.21. The highest BCUT2D eigenvalue weighted by Crippen LogP contribution is 2.14. The van der Waals surface area contributed by atoms with Gasteiger partial charge in [0.15, 0.2) is 5.96 Å². The standard InChI is InChI=1S/C19H38N6.HI/c1-9-20-19(21-13-15(5)25(10-2)11-3)22-14(4)12-18-16(6)23-24(8)17(18)7;/h14-15H,9-13H2,1-8H3,(H2,20,21,22);1H. The van der Waals surface area contributed by atoms with Gasteiger partial charge >= 0.3 is 0 Å². The minimum Gasteiger partial charge on any atom is -0.357 e. The molecule has 1 aromatic heterocycles. The average molecular weight is 478 g/mol. The third-order valence-electron chi connectivity index (χ3n) is 4.85. The quantitative estimate of drug-likeness (QED) is 0.326. The Morgan fingerprint density at radius 2 is 1.81 bits per heavy atom. The fraction of sp³-hybridized carbons (Fsp3) is 0.789. The SMILES string of the molecule is CCNC(=NCC(C)N(CC)CC)NC(C)Cc1c(C)nn(C)c1C.I. The molecule has 0 saturated heterocycles. The molecule has 0 aromatic carbocycles. The molecule has 0 bridgehead atoms. The van der Waals surface area contributed by atoms with Crippen LogP contribution in [0.4, 0.5) is 0 Å². The summed E-state index contributed by atoms with van der Waals surface area (Å²) < 4.78 is 1.96. The van der Waals surface area contributed by atoms with Crippen molar-refractivity contribution >= 4 is 29.9 Å². The first-order chi connectivity index (χ1) is 11.8. The van der Waals surface area contributed by atoms with Crippen molar-refractivity contribution in [1.29, 1.82) is 0 Å². The monoisotopic (exact) mass is 478 g/mol. The van der Waals surface area contributed by atoms with Gasteiger partial charge in [0.2, 0.25) is 0 Å². The van der Waals surface area contributed by atoms with Crippen LogP contribution in [0.2, 0.25) is 0 Å². The van der Waals surface area contributed by atoms with E-state index in [1.165, 1.54) is 11.3 Å². The number of nitrogens with zero attached hydrogens (tertiary/aromatic N) is 4. The van der Waals surface area contributed by atoms with Gasteiger partial charge in [0, 0.05) is 31.4 Å². The van der Waals surface area contributed by atoms with Crippen molar-refractivity contribution in [2.75, 3.05) is 26.2 Å². The lowest BCUT2D eigenvalue weighted by Gasteiger charge is -2.25. The molecule has 0 saturated carbocycles. The van der Waals surface area contributed by atoms with Gasteiger partial charge in [0.25, 0.3) is 0 Å². The molecule has 7 heteroatoms. The number of hydrogen-bond donors (Lipinski definition) is 2. The van der Waals surface area contributed by atoms with E-state index in [0.717, 1.165) is 44.3 Å². The smallest absolute Gasteiger partial charge is 0.191 e. The zero-order chi connectivity index (χ0) is 19.0. The van der Waals surface area contributed by atoms with Crippen molar-refractivity contribution in [3.63, 3.8) is 0 Å². The highest BCUT2D eigenvalue weighted by molar-refractivity contribution is 14.0. The zero-order valence-corrected chi connectivity index (χ0v) is 20.2. The van der Waals surface area contributed by atoms with E-state index in [0.29, 0.717) is 12.1 Å². The molecule has 0 aliphatic rings. The highest BCUT2D eigenvalue weighted by Gasteiger charge is 2.14. The first kappa shape index (κ1) is 25.2. The number of nitrogens with one attached hydrogen (secondary N) is 2. The van der Waals surface area contributed by atoms with Gasteiger partial charge in [-0.05, 0) is 59.7 Å². The van der Waals surface area contributed by atoms with Crippen LogP contribution >= 0.6 is 24.0 Å². The number of aryl methyl sites for hydroxylation is 2.